The largest absolute Gasteiger partial charge is 0.394 e. The zero-order chi connectivity index (χ0) is 15.3. The van der Waals surface area contributed by atoms with Gasteiger partial charge in [-0.05, 0) is 42.5 Å². The SMILES string of the molecule is CC(C)Cc1ccc(C(C)(CO)Nc2ccccc2)cc1. The Kier molecular flexibility index (Phi) is 5.03. The topological polar surface area (TPSA) is 32.3 Å². The number of hydrogen-bond acceptors (Lipinski definition) is 2. The number of aliphatic hydroxyl groups is 1. The lowest BCUT2D eigenvalue weighted by atomic mass is 9.90. The van der Waals surface area contributed by atoms with Gasteiger partial charge in [-0.15, -0.1) is 0 Å². The van der Waals surface area contributed by atoms with E-state index in [1.807, 2.05) is 37.3 Å². The van der Waals surface area contributed by atoms with Gasteiger partial charge in [-0.2, -0.15) is 0 Å². The Morgan fingerprint density at radius 1 is 1.00 bits per heavy atom. The summed E-state index contributed by atoms with van der Waals surface area (Å²) >= 11 is 0. The fourth-order valence-electron chi connectivity index (χ4n) is 2.52. The van der Waals surface area contributed by atoms with Gasteiger partial charge in [-0.1, -0.05) is 56.3 Å². The van der Waals surface area contributed by atoms with Crippen molar-refractivity contribution in [2.75, 3.05) is 11.9 Å². The highest BCUT2D eigenvalue weighted by atomic mass is 16.3. The van der Waals surface area contributed by atoms with Crippen LogP contribution < -0.4 is 5.32 Å². The Balaban J connectivity index is 2.19. The Hall–Kier alpha value is -1.80. The van der Waals surface area contributed by atoms with E-state index in [1.54, 1.807) is 0 Å². The molecule has 112 valence electrons. The van der Waals surface area contributed by atoms with Crippen molar-refractivity contribution < 1.29 is 5.11 Å². The highest BCUT2D eigenvalue weighted by Crippen LogP contribution is 2.26. The smallest absolute Gasteiger partial charge is 0.0828 e. The zero-order valence-corrected chi connectivity index (χ0v) is 13.1. The molecule has 0 saturated heterocycles. The summed E-state index contributed by atoms with van der Waals surface area (Å²) < 4.78 is 0. The van der Waals surface area contributed by atoms with Crippen molar-refractivity contribution in [1.82, 2.24) is 0 Å². The first kappa shape index (κ1) is 15.6. The van der Waals surface area contributed by atoms with Crippen LogP contribution in [-0.2, 0) is 12.0 Å². The minimum Gasteiger partial charge on any atom is -0.394 e. The number of aliphatic hydroxyl groups excluding tert-OH is 1. The number of benzene rings is 2. The van der Waals surface area contributed by atoms with E-state index in [0.29, 0.717) is 5.92 Å². The molecule has 2 aromatic carbocycles. The molecule has 0 bridgehead atoms. The molecule has 2 rings (SSSR count). The molecule has 0 saturated carbocycles. The molecule has 0 fully saturated rings. The maximum absolute atomic E-state index is 9.85. The Morgan fingerprint density at radius 2 is 1.62 bits per heavy atom. The quantitative estimate of drug-likeness (QED) is 0.832. The molecule has 2 heteroatoms. The molecule has 2 N–H and O–H groups in total. The van der Waals surface area contributed by atoms with Crippen molar-refractivity contribution >= 4 is 5.69 Å². The minimum atomic E-state index is -0.474. The molecule has 1 atom stereocenters. The Morgan fingerprint density at radius 3 is 2.14 bits per heavy atom. The second-order valence-corrected chi connectivity index (χ2v) is 6.28. The van der Waals surface area contributed by atoms with Gasteiger partial charge in [0.2, 0.25) is 0 Å². The number of para-hydroxylation sites is 1. The average molecular weight is 283 g/mol. The molecule has 0 aliphatic carbocycles. The van der Waals surface area contributed by atoms with Crippen LogP contribution >= 0.6 is 0 Å². The summed E-state index contributed by atoms with van der Waals surface area (Å²) in [6.07, 6.45) is 1.09. The molecule has 0 aliphatic heterocycles. The average Bonchev–Trinajstić information content (AvgIpc) is 2.48. The Bertz CT molecular complexity index is 548. The van der Waals surface area contributed by atoms with Crippen LogP contribution in [0.3, 0.4) is 0 Å². The third-order valence-corrected chi connectivity index (χ3v) is 3.75. The van der Waals surface area contributed by atoms with Gasteiger partial charge in [-0.25, -0.2) is 0 Å². The van der Waals surface area contributed by atoms with Gasteiger partial charge in [0.05, 0.1) is 12.1 Å². The molecule has 0 amide bonds. The van der Waals surface area contributed by atoms with Gasteiger partial charge in [0, 0.05) is 5.69 Å². The van der Waals surface area contributed by atoms with E-state index in [2.05, 4.69) is 43.4 Å². The molecule has 0 radical (unpaired) electrons. The van der Waals surface area contributed by atoms with E-state index in [-0.39, 0.29) is 6.61 Å². The first-order valence-electron chi connectivity index (χ1n) is 7.57. The molecule has 2 nitrogen and oxygen atoms in total. The number of hydrogen-bond donors (Lipinski definition) is 2. The predicted molar refractivity (Wildman–Crippen MR) is 89.5 cm³/mol. The molecule has 0 aliphatic rings. The highest BCUT2D eigenvalue weighted by molar-refractivity contribution is 5.47. The van der Waals surface area contributed by atoms with Crippen molar-refractivity contribution in [3.05, 3.63) is 65.7 Å². The molecule has 0 heterocycles. The maximum Gasteiger partial charge on any atom is 0.0828 e. The predicted octanol–water partition coefficient (Wildman–Crippen LogP) is 4.20. The third kappa shape index (κ3) is 4.08. The highest BCUT2D eigenvalue weighted by Gasteiger charge is 2.25. The lowest BCUT2D eigenvalue weighted by Crippen LogP contribution is -2.35. The standard InChI is InChI=1S/C19H25NO/c1-15(2)13-16-9-11-17(12-10-16)19(3,14-21)20-18-7-5-4-6-8-18/h4-12,15,20-21H,13-14H2,1-3H3. The van der Waals surface area contributed by atoms with E-state index in [4.69, 9.17) is 0 Å². The fourth-order valence-corrected chi connectivity index (χ4v) is 2.52. The molecule has 0 spiro atoms. The van der Waals surface area contributed by atoms with Crippen molar-refractivity contribution in [1.29, 1.82) is 0 Å². The van der Waals surface area contributed by atoms with Gasteiger partial charge in [0.25, 0.3) is 0 Å². The van der Waals surface area contributed by atoms with E-state index in [9.17, 15) is 5.11 Å². The molecular formula is C19H25NO. The third-order valence-electron chi connectivity index (χ3n) is 3.75. The van der Waals surface area contributed by atoms with Crippen molar-refractivity contribution in [2.24, 2.45) is 5.92 Å². The van der Waals surface area contributed by atoms with E-state index in [0.717, 1.165) is 17.7 Å². The van der Waals surface area contributed by atoms with Crippen LogP contribution in [0.15, 0.2) is 54.6 Å². The van der Waals surface area contributed by atoms with Gasteiger partial charge >= 0.3 is 0 Å². The molecule has 21 heavy (non-hydrogen) atoms. The van der Waals surface area contributed by atoms with Crippen LogP contribution in [0.2, 0.25) is 0 Å². The van der Waals surface area contributed by atoms with E-state index >= 15 is 0 Å². The van der Waals surface area contributed by atoms with Crippen LogP contribution in [0, 0.1) is 5.92 Å². The lowest BCUT2D eigenvalue weighted by Gasteiger charge is -2.30. The Labute approximate surface area is 127 Å². The zero-order valence-electron chi connectivity index (χ0n) is 13.1. The van der Waals surface area contributed by atoms with Crippen LogP contribution in [0.1, 0.15) is 31.9 Å². The number of nitrogens with one attached hydrogen (secondary N) is 1. The van der Waals surface area contributed by atoms with Gasteiger partial charge in [0.1, 0.15) is 0 Å². The van der Waals surface area contributed by atoms with Crippen LogP contribution in [0.4, 0.5) is 5.69 Å². The number of rotatable bonds is 6. The maximum atomic E-state index is 9.85. The summed E-state index contributed by atoms with van der Waals surface area (Å²) in [5, 5.41) is 13.3. The summed E-state index contributed by atoms with van der Waals surface area (Å²) in [7, 11) is 0. The summed E-state index contributed by atoms with van der Waals surface area (Å²) in [4.78, 5) is 0. The monoisotopic (exact) mass is 283 g/mol. The molecule has 0 aromatic heterocycles. The molecular weight excluding hydrogens is 258 g/mol. The summed E-state index contributed by atoms with van der Waals surface area (Å²) in [6.45, 7) is 6.52. The van der Waals surface area contributed by atoms with Crippen LogP contribution in [0.25, 0.3) is 0 Å². The van der Waals surface area contributed by atoms with E-state index < -0.39 is 5.54 Å². The second-order valence-electron chi connectivity index (χ2n) is 6.28. The van der Waals surface area contributed by atoms with Crippen LogP contribution in [0.5, 0.6) is 0 Å². The lowest BCUT2D eigenvalue weighted by molar-refractivity contribution is 0.224. The van der Waals surface area contributed by atoms with Crippen molar-refractivity contribution in [3.63, 3.8) is 0 Å². The minimum absolute atomic E-state index is 0.0470. The molecule has 2 aromatic rings. The van der Waals surface area contributed by atoms with E-state index in [1.165, 1.54) is 5.56 Å². The summed E-state index contributed by atoms with van der Waals surface area (Å²) in [5.41, 5.74) is 2.98. The fraction of sp³-hybridized carbons (Fsp3) is 0.368. The summed E-state index contributed by atoms with van der Waals surface area (Å²) in [5.74, 6) is 0.655. The van der Waals surface area contributed by atoms with Gasteiger partial charge < -0.3 is 10.4 Å². The van der Waals surface area contributed by atoms with Crippen LogP contribution in [-0.4, -0.2) is 11.7 Å². The van der Waals surface area contributed by atoms with Gasteiger partial charge in [0.15, 0.2) is 0 Å². The first-order chi connectivity index (χ1) is 10.0. The van der Waals surface area contributed by atoms with Crippen molar-refractivity contribution in [2.45, 2.75) is 32.7 Å². The normalized spacial score (nSPS) is 14.0. The second kappa shape index (κ2) is 6.77. The molecule has 1 unspecified atom stereocenters. The first-order valence-corrected chi connectivity index (χ1v) is 7.57. The summed E-state index contributed by atoms with van der Waals surface area (Å²) in [6, 6.07) is 18.6. The van der Waals surface area contributed by atoms with Gasteiger partial charge in [-0.3, -0.25) is 0 Å². The van der Waals surface area contributed by atoms with Crippen molar-refractivity contribution in [3.8, 4) is 0 Å². The number of anilines is 1.